The van der Waals surface area contributed by atoms with Gasteiger partial charge in [-0.2, -0.15) is 13.6 Å². The van der Waals surface area contributed by atoms with Crippen LogP contribution in [0, 0.1) is 27.4 Å². The van der Waals surface area contributed by atoms with E-state index in [0.29, 0.717) is 0 Å². The number of ether oxygens (including phenoxy) is 3. The van der Waals surface area contributed by atoms with E-state index >= 15 is 0 Å². The number of rotatable bonds is 14. The fourth-order valence-corrected chi connectivity index (χ4v) is 8.46. The molecule has 2 unspecified atom stereocenters. The Balaban J connectivity index is 1.64. The van der Waals surface area contributed by atoms with Crippen LogP contribution in [-0.4, -0.2) is 76.6 Å². The summed E-state index contributed by atoms with van der Waals surface area (Å²) < 4.78 is 65.6. The Bertz CT molecular complexity index is 2130. The van der Waals surface area contributed by atoms with Crippen LogP contribution in [0.2, 0.25) is 0 Å². The molecule has 1 aliphatic rings. The molecule has 3 heterocycles. The number of aliphatic hydroxyl groups is 1. The first-order chi connectivity index (χ1) is 24.4. The zero-order chi connectivity index (χ0) is 39.7. The number of hydrogen-bond donors (Lipinski definition) is 8. The second kappa shape index (κ2) is 16.0. The summed E-state index contributed by atoms with van der Waals surface area (Å²) in [7, 11) is -15.6. The molecule has 23 nitrogen and oxygen atoms in total. The standard InChI is InChI=1S/C27H37N6O17P3/c1-27(2,3)23(16-9-19(45-4)14(6-5-7-28)8-17(16)33(36)37)46-12-15-11-32(24-22(15)25(35)31-26(29)30-24)21-10-18(34)20(48-21)13-47-52(41,42)50-53(43,44)49-51(38,39)40/h8-9,11,18,20-21,23,34H,7,10,12-13,28H2,1-4H3,(H,41,42)(H,43,44)(H2,38,39,40)(H3,29,30,31,35)/t18-,20+,21+,23+/m0/s1. The number of benzene rings is 1. The molecular weight excluding hydrogens is 773 g/mol. The molecule has 4 rings (SSSR count). The van der Waals surface area contributed by atoms with E-state index in [1.807, 2.05) is 0 Å². The molecule has 0 saturated carbocycles. The Labute approximate surface area is 299 Å². The highest BCUT2D eigenvalue weighted by molar-refractivity contribution is 7.66. The van der Waals surface area contributed by atoms with Crippen LogP contribution in [0.3, 0.4) is 0 Å². The van der Waals surface area contributed by atoms with Crippen LogP contribution in [-0.2, 0) is 42.9 Å². The molecule has 53 heavy (non-hydrogen) atoms. The molecule has 1 aromatic carbocycles. The highest BCUT2D eigenvalue weighted by atomic mass is 31.3. The second-order valence-corrected chi connectivity index (χ2v) is 16.9. The monoisotopic (exact) mass is 810 g/mol. The maximum Gasteiger partial charge on any atom is 0.490 e. The number of nitrogens with two attached hydrogens (primary N) is 2. The van der Waals surface area contributed by atoms with E-state index in [2.05, 4.69) is 35.0 Å². The van der Waals surface area contributed by atoms with Gasteiger partial charge in [0.05, 0.1) is 60.5 Å². The van der Waals surface area contributed by atoms with E-state index in [1.165, 1.54) is 30.0 Å². The molecular formula is C27H37N6O17P3. The Morgan fingerprint density at radius 3 is 2.45 bits per heavy atom. The van der Waals surface area contributed by atoms with Gasteiger partial charge in [0.15, 0.2) is 5.65 Å². The van der Waals surface area contributed by atoms with Gasteiger partial charge in [-0.1, -0.05) is 32.6 Å². The van der Waals surface area contributed by atoms with E-state index < -0.39 is 70.5 Å². The van der Waals surface area contributed by atoms with Crippen molar-refractivity contribution in [1.82, 2.24) is 14.5 Å². The number of phosphoric acid groups is 3. The number of methoxy groups -OCH3 is 1. The quantitative estimate of drug-likeness (QED) is 0.0498. The maximum atomic E-state index is 13.2. The first-order valence-corrected chi connectivity index (χ1v) is 19.6. The summed E-state index contributed by atoms with van der Waals surface area (Å²) in [5.74, 6) is 5.34. The van der Waals surface area contributed by atoms with E-state index in [9.17, 15) is 43.5 Å². The van der Waals surface area contributed by atoms with Gasteiger partial charge in [-0.15, -0.1) is 0 Å². The van der Waals surface area contributed by atoms with E-state index in [-0.39, 0.29) is 64.7 Å². The van der Waals surface area contributed by atoms with Crippen molar-refractivity contribution in [2.75, 3.05) is 26.0 Å². The van der Waals surface area contributed by atoms with Crippen molar-refractivity contribution in [3.05, 3.63) is 55.5 Å². The van der Waals surface area contributed by atoms with E-state index in [0.717, 1.165) is 0 Å². The third-order valence-electron chi connectivity index (χ3n) is 7.46. The van der Waals surface area contributed by atoms with Gasteiger partial charge in [0.1, 0.15) is 18.1 Å². The third-order valence-corrected chi connectivity index (χ3v) is 11.3. The van der Waals surface area contributed by atoms with Crippen molar-refractivity contribution in [3.63, 3.8) is 0 Å². The summed E-state index contributed by atoms with van der Waals surface area (Å²) >= 11 is 0. The lowest BCUT2D eigenvalue weighted by Gasteiger charge is -2.31. The Hall–Kier alpha value is -3.55. The van der Waals surface area contributed by atoms with Gasteiger partial charge in [0.2, 0.25) is 5.95 Å². The number of hydrogen-bond acceptors (Lipinski definition) is 16. The smallest absolute Gasteiger partial charge is 0.490 e. The minimum Gasteiger partial charge on any atom is -0.495 e. The Morgan fingerprint density at radius 1 is 1.19 bits per heavy atom. The molecule has 0 bridgehead atoms. The SMILES string of the molecule is COc1cc([C@@H](OCc2cn([C@H]3C[C@H](O)[C@@H](COP(=O)(O)OP(=O)(O)OP(=O)(O)O)O3)c3nc(N)[nH]c(=O)c23)C(C)(C)C)c([N+](=O)[O-])cc1C#CCN. The van der Waals surface area contributed by atoms with Gasteiger partial charge in [-0.25, -0.2) is 13.7 Å². The number of anilines is 1. The lowest BCUT2D eigenvalue weighted by molar-refractivity contribution is -0.386. The van der Waals surface area contributed by atoms with Crippen LogP contribution < -0.4 is 21.8 Å². The van der Waals surface area contributed by atoms with Crippen LogP contribution in [0.5, 0.6) is 5.75 Å². The lowest BCUT2D eigenvalue weighted by Crippen LogP contribution is -2.26. The average molecular weight is 811 g/mol. The molecule has 292 valence electrons. The first-order valence-electron chi connectivity index (χ1n) is 15.1. The molecule has 0 amide bonds. The third kappa shape index (κ3) is 10.6. The minimum atomic E-state index is -5.79. The number of nitrogen functional groups attached to an aromatic ring is 1. The van der Waals surface area contributed by atoms with Crippen molar-refractivity contribution >= 4 is 46.1 Å². The van der Waals surface area contributed by atoms with Crippen LogP contribution in [0.4, 0.5) is 11.6 Å². The van der Waals surface area contributed by atoms with Gasteiger partial charge in [-0.05, 0) is 11.5 Å². The Morgan fingerprint density at radius 2 is 1.87 bits per heavy atom. The van der Waals surface area contributed by atoms with Gasteiger partial charge >= 0.3 is 23.5 Å². The number of aromatic amines is 1. The fourth-order valence-electron chi connectivity index (χ4n) is 5.43. The predicted molar refractivity (Wildman–Crippen MR) is 182 cm³/mol. The molecule has 1 fully saturated rings. The molecule has 26 heteroatoms. The molecule has 0 spiro atoms. The molecule has 1 aliphatic heterocycles. The second-order valence-electron chi connectivity index (χ2n) is 12.5. The zero-order valence-electron chi connectivity index (χ0n) is 28.3. The van der Waals surface area contributed by atoms with E-state index in [4.69, 9.17) is 35.5 Å². The molecule has 6 atom stereocenters. The van der Waals surface area contributed by atoms with Crippen molar-refractivity contribution in [2.24, 2.45) is 11.1 Å². The zero-order valence-corrected chi connectivity index (χ0v) is 31.0. The van der Waals surface area contributed by atoms with Gasteiger partial charge in [0.25, 0.3) is 11.2 Å². The normalized spacial score (nSPS) is 20.7. The van der Waals surface area contributed by atoms with Crippen LogP contribution in [0.25, 0.3) is 11.0 Å². The number of nitro benzene ring substituents is 1. The average Bonchev–Trinajstić information content (AvgIpc) is 3.56. The summed E-state index contributed by atoms with van der Waals surface area (Å²) in [6, 6.07) is 2.70. The fraction of sp³-hybridized carbons (Fsp3) is 0.481. The first kappa shape index (κ1) is 42.2. The number of nitro groups is 1. The molecule has 0 aliphatic carbocycles. The van der Waals surface area contributed by atoms with Crippen molar-refractivity contribution in [3.8, 4) is 17.6 Å². The molecule has 2 aromatic heterocycles. The number of aromatic nitrogens is 3. The molecule has 10 N–H and O–H groups in total. The number of phosphoric ester groups is 1. The van der Waals surface area contributed by atoms with Crippen LogP contribution in [0.15, 0.2) is 23.1 Å². The number of aliphatic hydroxyl groups excluding tert-OH is 1. The number of H-pyrrole nitrogens is 1. The molecule has 3 aromatic rings. The summed E-state index contributed by atoms with van der Waals surface area (Å²) in [4.78, 5) is 68.0. The summed E-state index contributed by atoms with van der Waals surface area (Å²) in [6.45, 7) is 4.09. The van der Waals surface area contributed by atoms with Crippen molar-refractivity contribution < 1.29 is 70.7 Å². The number of nitrogens with one attached hydrogen (secondary N) is 1. The minimum absolute atomic E-state index is 0.00715. The molecule has 0 radical (unpaired) electrons. The van der Waals surface area contributed by atoms with Gasteiger partial charge < -0.3 is 54.9 Å². The van der Waals surface area contributed by atoms with Crippen molar-refractivity contribution in [1.29, 1.82) is 0 Å². The summed E-state index contributed by atoms with van der Waals surface area (Å²) in [6.07, 6.45) is -3.73. The Kier molecular flexibility index (Phi) is 12.8. The predicted octanol–water partition coefficient (Wildman–Crippen LogP) is 1.83. The maximum absolute atomic E-state index is 13.2. The highest BCUT2D eigenvalue weighted by Crippen LogP contribution is 2.66. The summed E-state index contributed by atoms with van der Waals surface area (Å²) in [5.41, 5.74) is 10.1. The number of nitrogens with zero attached hydrogens (tertiary/aromatic N) is 3. The van der Waals surface area contributed by atoms with Gasteiger partial charge in [-0.3, -0.25) is 24.4 Å². The van der Waals surface area contributed by atoms with E-state index in [1.54, 1.807) is 20.8 Å². The lowest BCUT2D eigenvalue weighted by atomic mass is 9.83. The topological polar surface area (TPSA) is 354 Å². The number of fused-ring (bicyclic) bond motifs is 1. The molecule has 1 saturated heterocycles. The highest BCUT2D eigenvalue weighted by Gasteiger charge is 2.43. The van der Waals surface area contributed by atoms with Crippen molar-refractivity contribution in [2.45, 2.75) is 58.3 Å². The largest absolute Gasteiger partial charge is 0.495 e. The summed E-state index contributed by atoms with van der Waals surface area (Å²) in [5, 5.41) is 22.9. The van der Waals surface area contributed by atoms with Gasteiger partial charge in [0, 0.05) is 24.2 Å². The van der Waals surface area contributed by atoms with Crippen LogP contribution >= 0.6 is 23.5 Å². The van der Waals surface area contributed by atoms with Crippen LogP contribution in [0.1, 0.15) is 56.2 Å².